The first-order chi connectivity index (χ1) is 32.6. The topological polar surface area (TPSA) is 236 Å². The van der Waals surface area contributed by atoms with Gasteiger partial charge in [-0.25, -0.2) is 14.4 Å². The third-order valence-corrected chi connectivity index (χ3v) is 9.66. The Morgan fingerprint density at radius 3 is 1.25 bits per heavy atom. The first kappa shape index (κ1) is 70.3. The van der Waals surface area contributed by atoms with Gasteiger partial charge in [0.25, 0.3) is 11.8 Å². The van der Waals surface area contributed by atoms with Crippen molar-refractivity contribution in [3.05, 3.63) is 68.6 Å². The minimum atomic E-state index is -5.08. The predicted molar refractivity (Wildman–Crippen MR) is 278 cm³/mol. The Hall–Kier alpha value is -3.74. The van der Waals surface area contributed by atoms with E-state index in [2.05, 4.69) is 71.0 Å². The molecule has 2 aromatic rings. The molecule has 9 N–H and O–H groups in total. The Morgan fingerprint density at radius 2 is 0.972 bits per heavy atom. The maximum atomic E-state index is 14.6. The molecule has 32 heteroatoms. The summed E-state index contributed by atoms with van der Waals surface area (Å²) in [6, 6.07) is 6.40. The number of hydrogen-bond donors (Lipinski definition) is 7. The maximum Gasteiger partial charge on any atom is 0.490 e. The van der Waals surface area contributed by atoms with Crippen LogP contribution < -0.4 is 27.4 Å². The van der Waals surface area contributed by atoms with E-state index >= 15 is 0 Å². The smallest absolute Gasteiger partial charge is 0.480 e. The van der Waals surface area contributed by atoms with Gasteiger partial charge < -0.3 is 52.0 Å². The van der Waals surface area contributed by atoms with E-state index in [4.69, 9.17) is 51.4 Å². The summed E-state index contributed by atoms with van der Waals surface area (Å²) in [6.45, 7) is 13.3. The number of benzene rings is 2. The van der Waals surface area contributed by atoms with Crippen LogP contribution in [0.25, 0.3) is 0 Å². The number of amides is 3. The van der Waals surface area contributed by atoms with E-state index < -0.39 is 77.2 Å². The van der Waals surface area contributed by atoms with Crippen LogP contribution >= 0.6 is 31.9 Å². The molecule has 4 rings (SSSR count). The largest absolute Gasteiger partial charge is 0.490 e. The number of alkyl carbamates (subject to hydrolysis) is 2. The summed E-state index contributed by atoms with van der Waals surface area (Å²) < 4.78 is 99.5. The van der Waals surface area contributed by atoms with Crippen molar-refractivity contribution in [1.29, 1.82) is 0 Å². The number of nitrogens with one attached hydrogen (secondary N) is 3. The first-order valence-electron chi connectivity index (χ1n) is 21.1. The highest BCUT2D eigenvalue weighted by molar-refractivity contribution is 9.10. The van der Waals surface area contributed by atoms with Crippen LogP contribution in [0.2, 0.25) is 0 Å². The molecule has 2 aromatic carbocycles. The van der Waals surface area contributed by atoms with Crippen LogP contribution in [0, 0.1) is 0 Å². The van der Waals surface area contributed by atoms with Crippen molar-refractivity contribution in [2.45, 2.75) is 121 Å². The van der Waals surface area contributed by atoms with Crippen LogP contribution in [0.3, 0.4) is 0 Å². The van der Waals surface area contributed by atoms with Gasteiger partial charge in [0, 0.05) is 74.8 Å². The Balaban J connectivity index is 0. The number of alkyl halides is 7. The third-order valence-electron chi connectivity index (χ3n) is 8.60. The van der Waals surface area contributed by atoms with Gasteiger partial charge in [0.1, 0.15) is 11.2 Å². The average molecular weight is 1150 g/mol. The summed E-state index contributed by atoms with van der Waals surface area (Å²) in [5.41, 5.74) is 8.81. The van der Waals surface area contributed by atoms with Gasteiger partial charge in [-0.2, -0.15) is 30.7 Å². The molecule has 2 heterocycles. The second-order valence-corrected chi connectivity index (χ2v) is 18.9. The summed E-state index contributed by atoms with van der Waals surface area (Å²) in [6.07, 6.45) is -3.64. The quantitative estimate of drug-likeness (QED) is 0.149. The zero-order valence-corrected chi connectivity index (χ0v) is 43.1. The number of nitrogens with two attached hydrogens (primary N) is 2. The van der Waals surface area contributed by atoms with Gasteiger partial charge in [-0.3, -0.25) is 9.59 Å². The molecule has 10 radical (unpaired) electrons. The molecule has 2 fully saturated rings. The standard InChI is InChI=1S/C19H26BrF2N3O3.C10H20N2O2.C9H8BrF2NO2.C2HF3O2.B4H3.B4/c1-18(2,3)28-17(27)24-14-8-10-25(11-9-14)16(26)15(23)19(21,22)12-4-6-13(20)7-5-12;1-10(2,3)14-9(13)12-8-4-6-11-7-5-8;10-6-3-1-5(2-4-6)9(11,12)7(13)8(14)15;3-2(4,5)1(6)7;2*1-4(2)3/h4-7,14-15H,8-11,23H2,1-3H3,(H,24,27);8,11H,4-7H2,1-3H3,(H,12,13);1-4,7H,13H2,(H,14,15);(H,6,7);1H3;/q;;;;-1;. The van der Waals surface area contributed by atoms with E-state index in [9.17, 15) is 49.9 Å². The number of likely N-dealkylation sites (tertiary alicyclic amines) is 1. The lowest BCUT2D eigenvalue weighted by Crippen LogP contribution is -2.55. The Bertz CT molecular complexity index is 1940. The van der Waals surface area contributed by atoms with Crippen molar-refractivity contribution in [3.63, 3.8) is 0 Å². The molecule has 15 nitrogen and oxygen atoms in total. The van der Waals surface area contributed by atoms with Crippen molar-refractivity contribution in [3.8, 4) is 0 Å². The maximum absolute atomic E-state index is 14.6. The summed E-state index contributed by atoms with van der Waals surface area (Å²) in [7, 11) is 24.3. The van der Waals surface area contributed by atoms with Gasteiger partial charge in [0.05, 0.1) is 0 Å². The molecule has 2 aliphatic heterocycles. The monoisotopic (exact) mass is 1150 g/mol. The number of carboxylic acid groups (broad SMARTS) is 2. The zero-order valence-electron chi connectivity index (χ0n) is 39.9. The molecule has 2 aliphatic rings. The van der Waals surface area contributed by atoms with E-state index in [0.29, 0.717) is 21.8 Å². The number of piperidine rings is 2. The molecule has 0 aromatic heterocycles. The average Bonchev–Trinajstić information content (AvgIpc) is 3.22. The molecule has 2 saturated heterocycles. The van der Waals surface area contributed by atoms with Crippen LogP contribution in [0.1, 0.15) is 78.4 Å². The van der Waals surface area contributed by atoms with Crippen LogP contribution in [0.5, 0.6) is 0 Å². The van der Waals surface area contributed by atoms with Crippen molar-refractivity contribution >= 4 is 121 Å². The normalized spacial score (nSPS) is 15.0. The summed E-state index contributed by atoms with van der Waals surface area (Å²) >= 11 is 6.27. The van der Waals surface area contributed by atoms with Crippen LogP contribution in [-0.2, 0) is 35.7 Å². The highest BCUT2D eigenvalue weighted by Gasteiger charge is 2.46. The van der Waals surface area contributed by atoms with Gasteiger partial charge in [0.2, 0.25) is 5.91 Å². The molecule has 3 amide bonds. The van der Waals surface area contributed by atoms with Gasteiger partial charge >= 0.3 is 30.3 Å². The van der Waals surface area contributed by atoms with Crippen LogP contribution in [0.4, 0.5) is 40.3 Å². The predicted octanol–water partition coefficient (Wildman–Crippen LogP) is 3.38. The molecule has 2 atom stereocenters. The number of halogens is 9. The van der Waals surface area contributed by atoms with E-state index in [0.717, 1.165) is 38.1 Å². The minimum Gasteiger partial charge on any atom is -0.480 e. The molecule has 0 bridgehead atoms. The fourth-order valence-corrected chi connectivity index (χ4v) is 5.90. The number of rotatable bonds is 8. The first-order valence-corrected chi connectivity index (χ1v) is 22.7. The number of nitrogens with zero attached hydrogens (tertiary/aromatic N) is 1. The molecule has 2 unspecified atom stereocenters. The van der Waals surface area contributed by atoms with Gasteiger partial charge in [-0.15, -0.1) is 6.39 Å². The van der Waals surface area contributed by atoms with E-state index in [1.54, 1.807) is 20.8 Å². The van der Waals surface area contributed by atoms with Gasteiger partial charge in [-0.05, 0) is 120 Å². The lowest BCUT2D eigenvalue weighted by molar-refractivity contribution is -0.192. The molecule has 0 aliphatic carbocycles. The molecule has 72 heavy (non-hydrogen) atoms. The van der Waals surface area contributed by atoms with Crippen LogP contribution in [0.15, 0.2) is 57.5 Å². The van der Waals surface area contributed by atoms with E-state index in [1.807, 2.05) is 20.8 Å². The van der Waals surface area contributed by atoms with Gasteiger partial charge in [-0.1, -0.05) is 63.9 Å². The molecule has 390 valence electrons. The molecular formula is C40H58B8Br2F7N6O9-. The zero-order chi connectivity index (χ0) is 56.6. The number of aliphatic carboxylic acids is 2. The second-order valence-electron chi connectivity index (χ2n) is 17.0. The van der Waals surface area contributed by atoms with Crippen molar-refractivity contribution in [2.75, 3.05) is 26.2 Å². The number of carboxylic acids is 2. The van der Waals surface area contributed by atoms with Gasteiger partial charge in [0.15, 0.2) is 12.1 Å². The van der Waals surface area contributed by atoms with Crippen LogP contribution in [-0.4, -0.2) is 172 Å². The van der Waals surface area contributed by atoms with E-state index in [1.165, 1.54) is 41.3 Å². The lowest BCUT2D eigenvalue weighted by Gasteiger charge is -2.35. The number of ether oxygens (including phenoxy) is 2. The summed E-state index contributed by atoms with van der Waals surface area (Å²) in [5, 5.41) is 24.4. The summed E-state index contributed by atoms with van der Waals surface area (Å²) in [4.78, 5) is 56.3. The Morgan fingerprint density at radius 1 is 0.681 bits per heavy atom. The highest BCUT2D eigenvalue weighted by atomic mass is 79.9. The minimum absolute atomic E-state index is 0.0833. The fourth-order valence-electron chi connectivity index (χ4n) is 5.37. The summed E-state index contributed by atoms with van der Waals surface area (Å²) in [5.74, 6) is -12.4. The van der Waals surface area contributed by atoms with E-state index in [-0.39, 0.29) is 51.0 Å². The number of carbonyl (C=O) groups excluding carboxylic acids is 3. The number of carbonyl (C=O) groups is 5. The lowest BCUT2D eigenvalue weighted by atomic mass is 9.08. The number of hydrogen-bond acceptors (Lipinski definition) is 10. The molecule has 0 spiro atoms. The Kier molecular flexibility index (Phi) is 31.8. The molecular weight excluding hydrogens is 1090 g/mol. The van der Waals surface area contributed by atoms with Crippen molar-refractivity contribution < 1.29 is 74.4 Å². The van der Waals surface area contributed by atoms with Crippen molar-refractivity contribution in [1.82, 2.24) is 20.9 Å². The SMILES string of the molecule is CC(C)(C)OC(=O)NC1CCN(C(=O)C(N)C(F)(F)c2ccc(Br)cc2)CC1.CC(C)(C)OC(=O)NC1CCNCC1.NC(C(=O)O)C(F)(F)c1ccc(Br)cc1.O=C(O)C(F)(F)F.[B]B([B])[BH3-].[B]B([B])[B]. The fraction of sp³-hybridized carbons (Fsp3) is 0.575. The third kappa shape index (κ3) is 31.8. The van der Waals surface area contributed by atoms with Crippen molar-refractivity contribution in [2.24, 2.45) is 11.5 Å². The Labute approximate surface area is 441 Å². The molecule has 0 saturated carbocycles. The second kappa shape index (κ2) is 32.5. The highest BCUT2D eigenvalue weighted by Crippen LogP contribution is 2.34.